The van der Waals surface area contributed by atoms with Gasteiger partial charge < -0.3 is 10.2 Å². The van der Waals surface area contributed by atoms with Crippen LogP contribution in [0.15, 0.2) is 18.3 Å². The van der Waals surface area contributed by atoms with Crippen molar-refractivity contribution in [2.75, 3.05) is 46.3 Å². The lowest BCUT2D eigenvalue weighted by molar-refractivity contribution is 0.153. The predicted octanol–water partition coefficient (Wildman–Crippen LogP) is 1.51. The van der Waals surface area contributed by atoms with Gasteiger partial charge in [0.05, 0.1) is 11.9 Å². The molecular weight excluding hydrogens is 255 g/mol. The summed E-state index contributed by atoms with van der Waals surface area (Å²) in [5.74, 6) is -0.277. The quantitative estimate of drug-likeness (QED) is 0.856. The van der Waals surface area contributed by atoms with E-state index in [4.69, 9.17) is 0 Å². The summed E-state index contributed by atoms with van der Waals surface area (Å²) in [6.45, 7) is 8.71. The van der Waals surface area contributed by atoms with Gasteiger partial charge in [-0.3, -0.25) is 9.88 Å². The van der Waals surface area contributed by atoms with Gasteiger partial charge >= 0.3 is 0 Å². The number of pyridine rings is 1. The molecule has 1 atom stereocenters. The van der Waals surface area contributed by atoms with E-state index in [0.29, 0.717) is 0 Å². The second-order valence-electron chi connectivity index (χ2n) is 5.46. The molecule has 0 amide bonds. The molecule has 20 heavy (non-hydrogen) atoms. The largest absolute Gasteiger partial charge is 0.307 e. The summed E-state index contributed by atoms with van der Waals surface area (Å²) in [4.78, 5) is 9.01. The molecule has 0 bridgehead atoms. The van der Waals surface area contributed by atoms with Gasteiger partial charge in [0.2, 0.25) is 0 Å². The molecular formula is C15H25FN4. The van der Waals surface area contributed by atoms with Crippen LogP contribution < -0.4 is 5.32 Å². The van der Waals surface area contributed by atoms with E-state index in [-0.39, 0.29) is 11.9 Å². The number of rotatable bonds is 6. The summed E-state index contributed by atoms with van der Waals surface area (Å²) in [5.41, 5.74) is 0.923. The van der Waals surface area contributed by atoms with E-state index >= 15 is 0 Å². The first-order valence-corrected chi connectivity index (χ1v) is 7.44. The van der Waals surface area contributed by atoms with E-state index in [1.807, 2.05) is 0 Å². The molecule has 1 aromatic rings. The van der Waals surface area contributed by atoms with Crippen LogP contribution in [0.2, 0.25) is 0 Å². The highest BCUT2D eigenvalue weighted by atomic mass is 19.1. The molecule has 0 spiro atoms. The van der Waals surface area contributed by atoms with Gasteiger partial charge in [0, 0.05) is 45.3 Å². The maximum Gasteiger partial charge on any atom is 0.141 e. The van der Waals surface area contributed by atoms with Crippen molar-refractivity contribution >= 4 is 0 Å². The minimum absolute atomic E-state index is 0.211. The number of likely N-dealkylation sites (N-methyl/N-ethyl adjacent to an activating group) is 1. The summed E-state index contributed by atoms with van der Waals surface area (Å²) in [6.07, 6.45) is 2.25. The Kier molecular flexibility index (Phi) is 5.88. The Balaban J connectivity index is 1.75. The Morgan fingerprint density at radius 3 is 2.65 bits per heavy atom. The van der Waals surface area contributed by atoms with Crippen molar-refractivity contribution in [1.29, 1.82) is 0 Å². The van der Waals surface area contributed by atoms with Crippen LogP contribution in [-0.2, 0) is 0 Å². The highest BCUT2D eigenvalue weighted by molar-refractivity contribution is 5.09. The third kappa shape index (κ3) is 4.51. The van der Waals surface area contributed by atoms with Gasteiger partial charge in [-0.15, -0.1) is 0 Å². The Morgan fingerprint density at radius 2 is 2.05 bits per heavy atom. The molecule has 0 saturated carbocycles. The SMILES string of the molecule is CCC(NCCN1CCN(C)CC1)c1ccc(F)cn1. The average Bonchev–Trinajstić information content (AvgIpc) is 2.47. The molecule has 1 aliphatic rings. The topological polar surface area (TPSA) is 31.4 Å². The Labute approximate surface area is 121 Å². The van der Waals surface area contributed by atoms with E-state index in [1.165, 1.54) is 12.3 Å². The van der Waals surface area contributed by atoms with Crippen LogP contribution in [0.5, 0.6) is 0 Å². The molecule has 1 aliphatic heterocycles. The maximum atomic E-state index is 12.9. The summed E-state index contributed by atoms with van der Waals surface area (Å²) < 4.78 is 12.9. The third-order valence-corrected chi connectivity index (χ3v) is 3.93. The van der Waals surface area contributed by atoms with Crippen molar-refractivity contribution in [3.63, 3.8) is 0 Å². The van der Waals surface area contributed by atoms with E-state index in [0.717, 1.165) is 51.4 Å². The fraction of sp³-hybridized carbons (Fsp3) is 0.667. The molecule has 1 unspecified atom stereocenters. The fourth-order valence-electron chi connectivity index (χ4n) is 2.52. The second kappa shape index (κ2) is 7.67. The molecule has 1 N–H and O–H groups in total. The zero-order valence-corrected chi connectivity index (χ0v) is 12.5. The third-order valence-electron chi connectivity index (χ3n) is 3.93. The van der Waals surface area contributed by atoms with Crippen molar-refractivity contribution < 1.29 is 4.39 Å². The summed E-state index contributed by atoms with van der Waals surface area (Å²) in [5, 5.41) is 3.52. The van der Waals surface area contributed by atoms with Crippen molar-refractivity contribution in [2.24, 2.45) is 0 Å². The van der Waals surface area contributed by atoms with Crippen LogP contribution in [-0.4, -0.2) is 61.1 Å². The predicted molar refractivity (Wildman–Crippen MR) is 79.2 cm³/mol. The molecule has 2 rings (SSSR count). The highest BCUT2D eigenvalue weighted by Crippen LogP contribution is 2.13. The standard InChI is InChI=1S/C15H25FN4/c1-3-14(15-5-4-13(16)12-18-15)17-6-7-20-10-8-19(2)9-11-20/h4-5,12,14,17H,3,6-11H2,1-2H3. The van der Waals surface area contributed by atoms with Gasteiger partial charge in [-0.2, -0.15) is 0 Å². The molecule has 0 aliphatic carbocycles. The summed E-state index contributed by atoms with van der Waals surface area (Å²) >= 11 is 0. The lowest BCUT2D eigenvalue weighted by atomic mass is 10.1. The Bertz CT molecular complexity index is 387. The maximum absolute atomic E-state index is 12.9. The van der Waals surface area contributed by atoms with Crippen LogP contribution in [0.1, 0.15) is 25.1 Å². The van der Waals surface area contributed by atoms with E-state index in [1.54, 1.807) is 6.07 Å². The van der Waals surface area contributed by atoms with Crippen molar-refractivity contribution in [2.45, 2.75) is 19.4 Å². The number of halogens is 1. The number of hydrogen-bond donors (Lipinski definition) is 1. The van der Waals surface area contributed by atoms with Crippen LogP contribution in [0.3, 0.4) is 0 Å². The lowest BCUT2D eigenvalue weighted by Crippen LogP contribution is -2.46. The van der Waals surface area contributed by atoms with E-state index in [2.05, 4.69) is 34.1 Å². The average molecular weight is 280 g/mol. The van der Waals surface area contributed by atoms with Crippen LogP contribution in [0.4, 0.5) is 4.39 Å². The molecule has 1 aromatic heterocycles. The highest BCUT2D eigenvalue weighted by Gasteiger charge is 2.14. The van der Waals surface area contributed by atoms with Gasteiger partial charge in [0.15, 0.2) is 0 Å². The molecule has 112 valence electrons. The zero-order chi connectivity index (χ0) is 14.4. The smallest absolute Gasteiger partial charge is 0.141 e. The van der Waals surface area contributed by atoms with Gasteiger partial charge in [-0.1, -0.05) is 6.92 Å². The van der Waals surface area contributed by atoms with Crippen molar-refractivity contribution in [3.05, 3.63) is 29.8 Å². The van der Waals surface area contributed by atoms with Crippen molar-refractivity contribution in [1.82, 2.24) is 20.1 Å². The first-order valence-electron chi connectivity index (χ1n) is 7.44. The molecule has 5 heteroatoms. The monoisotopic (exact) mass is 280 g/mol. The number of aromatic nitrogens is 1. The van der Waals surface area contributed by atoms with E-state index in [9.17, 15) is 4.39 Å². The number of nitrogens with zero attached hydrogens (tertiary/aromatic N) is 3. The molecule has 1 saturated heterocycles. The Hall–Kier alpha value is -1.04. The molecule has 4 nitrogen and oxygen atoms in total. The molecule has 2 heterocycles. The van der Waals surface area contributed by atoms with Crippen LogP contribution >= 0.6 is 0 Å². The minimum Gasteiger partial charge on any atom is -0.307 e. The minimum atomic E-state index is -0.277. The molecule has 0 radical (unpaired) electrons. The van der Waals surface area contributed by atoms with Gasteiger partial charge in [-0.05, 0) is 25.6 Å². The van der Waals surface area contributed by atoms with Crippen LogP contribution in [0, 0.1) is 5.82 Å². The van der Waals surface area contributed by atoms with Gasteiger partial charge in [0.25, 0.3) is 0 Å². The van der Waals surface area contributed by atoms with E-state index < -0.39 is 0 Å². The van der Waals surface area contributed by atoms with Crippen molar-refractivity contribution in [3.8, 4) is 0 Å². The number of piperazine rings is 1. The number of hydrogen-bond acceptors (Lipinski definition) is 4. The summed E-state index contributed by atoms with van der Waals surface area (Å²) in [6, 6.07) is 3.46. The first-order chi connectivity index (χ1) is 9.69. The molecule has 0 aromatic carbocycles. The normalized spacial score (nSPS) is 19.1. The van der Waals surface area contributed by atoms with Crippen LogP contribution in [0.25, 0.3) is 0 Å². The van der Waals surface area contributed by atoms with Gasteiger partial charge in [-0.25, -0.2) is 4.39 Å². The first kappa shape index (κ1) is 15.4. The second-order valence-corrected chi connectivity index (χ2v) is 5.46. The summed E-state index contributed by atoms with van der Waals surface area (Å²) in [7, 11) is 2.17. The zero-order valence-electron chi connectivity index (χ0n) is 12.5. The fourth-order valence-corrected chi connectivity index (χ4v) is 2.52. The lowest BCUT2D eigenvalue weighted by Gasteiger charge is -2.32. The van der Waals surface area contributed by atoms with Gasteiger partial charge in [0.1, 0.15) is 5.82 Å². The molecule has 1 fully saturated rings. The number of nitrogens with one attached hydrogen (secondary N) is 1. The Morgan fingerprint density at radius 1 is 1.30 bits per heavy atom.